The van der Waals surface area contributed by atoms with Gasteiger partial charge in [-0.2, -0.15) is 0 Å². The van der Waals surface area contributed by atoms with Gasteiger partial charge in [-0.15, -0.1) is 0 Å². The first-order chi connectivity index (χ1) is 8.54. The van der Waals surface area contributed by atoms with Gasteiger partial charge in [0.15, 0.2) is 0 Å². The van der Waals surface area contributed by atoms with E-state index in [2.05, 4.69) is 36.5 Å². The monoisotopic (exact) mass is 246 g/mol. The zero-order chi connectivity index (χ0) is 13.1. The largest absolute Gasteiger partial charge is 0.370 e. The van der Waals surface area contributed by atoms with Gasteiger partial charge >= 0.3 is 0 Å². The summed E-state index contributed by atoms with van der Waals surface area (Å²) in [4.78, 5) is 10.8. The van der Waals surface area contributed by atoms with Crippen LogP contribution in [0.15, 0.2) is 24.3 Å². The molecular formula is C15H22N2O. The summed E-state index contributed by atoms with van der Waals surface area (Å²) in [7, 11) is 0. The number of rotatable bonds is 5. The molecular weight excluding hydrogens is 224 g/mol. The van der Waals surface area contributed by atoms with Crippen molar-refractivity contribution in [3.8, 4) is 0 Å². The second-order valence-electron chi connectivity index (χ2n) is 5.51. The average molecular weight is 246 g/mol. The van der Waals surface area contributed by atoms with E-state index >= 15 is 0 Å². The Morgan fingerprint density at radius 2 is 2.00 bits per heavy atom. The van der Waals surface area contributed by atoms with Gasteiger partial charge in [0.1, 0.15) is 0 Å². The highest BCUT2D eigenvalue weighted by Gasteiger charge is 2.30. The van der Waals surface area contributed by atoms with E-state index in [1.807, 2.05) is 6.92 Å². The van der Waals surface area contributed by atoms with Crippen molar-refractivity contribution in [3.05, 3.63) is 35.4 Å². The molecule has 0 spiro atoms. The third kappa shape index (κ3) is 3.33. The Hall–Kier alpha value is -1.35. The zero-order valence-corrected chi connectivity index (χ0v) is 11.1. The fourth-order valence-corrected chi connectivity index (χ4v) is 2.63. The van der Waals surface area contributed by atoms with Gasteiger partial charge in [0, 0.05) is 18.5 Å². The number of nitrogens with one attached hydrogen (secondary N) is 1. The van der Waals surface area contributed by atoms with Crippen LogP contribution in [0.3, 0.4) is 0 Å². The summed E-state index contributed by atoms with van der Waals surface area (Å²) in [6.07, 6.45) is 2.74. The number of hydrogen-bond donors (Lipinski definition) is 2. The van der Waals surface area contributed by atoms with Crippen LogP contribution in [-0.2, 0) is 4.79 Å². The van der Waals surface area contributed by atoms with Gasteiger partial charge in [-0.1, -0.05) is 29.8 Å². The third-order valence-electron chi connectivity index (χ3n) is 3.71. The topological polar surface area (TPSA) is 55.1 Å². The van der Waals surface area contributed by atoms with E-state index in [4.69, 9.17) is 5.73 Å². The van der Waals surface area contributed by atoms with E-state index in [0.29, 0.717) is 18.4 Å². The summed E-state index contributed by atoms with van der Waals surface area (Å²) >= 11 is 0. The van der Waals surface area contributed by atoms with Gasteiger partial charge in [-0.3, -0.25) is 4.79 Å². The van der Waals surface area contributed by atoms with Gasteiger partial charge in [-0.05, 0) is 38.2 Å². The predicted octanol–water partition coefficient (Wildman–Crippen LogP) is 2.09. The van der Waals surface area contributed by atoms with Gasteiger partial charge in [-0.25, -0.2) is 0 Å². The Morgan fingerprint density at radius 1 is 1.39 bits per heavy atom. The average Bonchev–Trinajstić information content (AvgIpc) is 2.23. The highest BCUT2D eigenvalue weighted by molar-refractivity contribution is 5.74. The maximum absolute atomic E-state index is 10.8. The maximum Gasteiger partial charge on any atom is 0.218 e. The molecule has 0 bridgehead atoms. The first-order valence-electron chi connectivity index (χ1n) is 6.65. The lowest BCUT2D eigenvalue weighted by Gasteiger charge is -2.38. The maximum atomic E-state index is 10.8. The molecule has 3 nitrogen and oxygen atoms in total. The molecule has 0 radical (unpaired) electrons. The van der Waals surface area contributed by atoms with Crippen molar-refractivity contribution >= 4 is 5.91 Å². The van der Waals surface area contributed by atoms with Gasteiger partial charge in [0.2, 0.25) is 5.91 Å². The molecule has 1 saturated carbocycles. The van der Waals surface area contributed by atoms with Crippen molar-refractivity contribution in [2.24, 2.45) is 5.73 Å². The van der Waals surface area contributed by atoms with Crippen LogP contribution in [0, 0.1) is 6.92 Å². The second-order valence-corrected chi connectivity index (χ2v) is 5.51. The summed E-state index contributed by atoms with van der Waals surface area (Å²) < 4.78 is 0. The number of aryl methyl sites for hydroxylation is 1. The van der Waals surface area contributed by atoms with E-state index in [9.17, 15) is 4.79 Å². The number of carbonyl (C=O) groups is 1. The lowest BCUT2D eigenvalue weighted by molar-refractivity contribution is -0.118. The van der Waals surface area contributed by atoms with Crippen LogP contribution in [0.1, 0.15) is 43.2 Å². The molecule has 0 aliphatic heterocycles. The van der Waals surface area contributed by atoms with Crippen LogP contribution in [0.4, 0.5) is 0 Å². The molecule has 3 N–H and O–H groups in total. The summed E-state index contributed by atoms with van der Waals surface area (Å²) in [6.45, 7) is 4.13. The summed E-state index contributed by atoms with van der Waals surface area (Å²) in [5.41, 5.74) is 7.92. The SMILES string of the molecule is Cc1ccc(C2CC(NC(C)CC(N)=O)C2)cc1. The molecule has 0 aromatic heterocycles. The number of amides is 1. The molecule has 0 saturated heterocycles. The first-order valence-corrected chi connectivity index (χ1v) is 6.65. The molecule has 1 aliphatic carbocycles. The van der Waals surface area contributed by atoms with E-state index in [1.54, 1.807) is 0 Å². The molecule has 1 aromatic rings. The van der Waals surface area contributed by atoms with Crippen molar-refractivity contribution < 1.29 is 4.79 Å². The number of benzene rings is 1. The van der Waals surface area contributed by atoms with Crippen molar-refractivity contribution in [2.45, 2.75) is 51.1 Å². The smallest absolute Gasteiger partial charge is 0.218 e. The van der Waals surface area contributed by atoms with Crippen LogP contribution in [0.2, 0.25) is 0 Å². The summed E-state index contributed by atoms with van der Waals surface area (Å²) in [5.74, 6) is 0.438. The highest BCUT2D eigenvalue weighted by atomic mass is 16.1. The fraction of sp³-hybridized carbons (Fsp3) is 0.533. The fourth-order valence-electron chi connectivity index (χ4n) is 2.63. The Bertz CT molecular complexity index is 407. The molecule has 1 aliphatic rings. The molecule has 1 unspecified atom stereocenters. The Morgan fingerprint density at radius 3 is 2.56 bits per heavy atom. The van der Waals surface area contributed by atoms with E-state index in [1.165, 1.54) is 11.1 Å². The minimum Gasteiger partial charge on any atom is -0.370 e. The van der Waals surface area contributed by atoms with Gasteiger partial charge in [0.25, 0.3) is 0 Å². The Labute approximate surface area is 109 Å². The molecule has 1 atom stereocenters. The molecule has 1 fully saturated rings. The first kappa shape index (κ1) is 13.1. The molecule has 0 heterocycles. The van der Waals surface area contributed by atoms with Crippen LogP contribution in [0.25, 0.3) is 0 Å². The van der Waals surface area contributed by atoms with Crippen molar-refractivity contribution in [1.82, 2.24) is 5.32 Å². The number of primary amides is 1. The van der Waals surface area contributed by atoms with Crippen molar-refractivity contribution in [2.75, 3.05) is 0 Å². The van der Waals surface area contributed by atoms with Crippen molar-refractivity contribution in [3.63, 3.8) is 0 Å². The van der Waals surface area contributed by atoms with Crippen LogP contribution in [0.5, 0.6) is 0 Å². The molecule has 2 rings (SSSR count). The molecule has 1 aromatic carbocycles. The standard InChI is InChI=1S/C15H22N2O/c1-10-3-5-12(6-4-10)13-8-14(9-13)17-11(2)7-15(16)18/h3-6,11,13-14,17H,7-9H2,1-2H3,(H2,16,18). The van der Waals surface area contributed by atoms with Crippen LogP contribution >= 0.6 is 0 Å². The van der Waals surface area contributed by atoms with Crippen LogP contribution < -0.4 is 11.1 Å². The van der Waals surface area contributed by atoms with Gasteiger partial charge < -0.3 is 11.1 Å². The third-order valence-corrected chi connectivity index (χ3v) is 3.71. The van der Waals surface area contributed by atoms with Crippen molar-refractivity contribution in [1.29, 1.82) is 0 Å². The van der Waals surface area contributed by atoms with Gasteiger partial charge in [0.05, 0.1) is 0 Å². The Balaban J connectivity index is 1.77. The second kappa shape index (κ2) is 5.53. The lowest BCUT2D eigenvalue weighted by Crippen LogP contribution is -2.45. The molecule has 98 valence electrons. The lowest BCUT2D eigenvalue weighted by atomic mass is 9.75. The number of hydrogen-bond acceptors (Lipinski definition) is 2. The predicted molar refractivity (Wildman–Crippen MR) is 73.4 cm³/mol. The number of carbonyl (C=O) groups excluding carboxylic acids is 1. The van der Waals surface area contributed by atoms with E-state index in [0.717, 1.165) is 12.8 Å². The minimum absolute atomic E-state index is 0.187. The number of nitrogens with two attached hydrogens (primary N) is 1. The quantitative estimate of drug-likeness (QED) is 0.836. The molecule has 1 amide bonds. The zero-order valence-electron chi connectivity index (χ0n) is 11.1. The van der Waals surface area contributed by atoms with E-state index in [-0.39, 0.29) is 11.9 Å². The minimum atomic E-state index is -0.232. The normalized spacial score (nSPS) is 24.3. The summed E-state index contributed by atoms with van der Waals surface area (Å²) in [5, 5.41) is 3.46. The summed E-state index contributed by atoms with van der Waals surface area (Å²) in [6, 6.07) is 9.51. The van der Waals surface area contributed by atoms with Crippen LogP contribution in [-0.4, -0.2) is 18.0 Å². The molecule has 18 heavy (non-hydrogen) atoms. The van der Waals surface area contributed by atoms with E-state index < -0.39 is 0 Å². The highest BCUT2D eigenvalue weighted by Crippen LogP contribution is 2.37. The Kier molecular flexibility index (Phi) is 4.02. The molecule has 3 heteroatoms.